The van der Waals surface area contributed by atoms with Gasteiger partial charge in [0.05, 0.1) is 22.8 Å². The maximum atomic E-state index is 17.7. The first-order valence-corrected chi connectivity index (χ1v) is 21.5. The standard InChI is InChI=1S/C52H32Cl4N4O4/c53-37-21-13-33(14-22-37)49(41-9-1-5-29-57-41)45(61)50(42-10-2-6-30-58-42,34-15-23-38(54)24-16-34)47(63)52(44-12-4-8-32-60-44,36-19-27-40(56)28-20-36)48(64)51(46(49)62,43-11-3-7-31-59-43)35-17-25-39(55)26-18-35/h1-32H. The molecule has 9 rings (SSSR count). The first-order chi connectivity index (χ1) is 31.0. The molecule has 4 heterocycles. The highest BCUT2D eigenvalue weighted by Crippen LogP contribution is 2.58. The molecule has 0 aliphatic heterocycles. The average Bonchev–Trinajstić information content (AvgIpc) is 3.33. The first kappa shape index (κ1) is 42.6. The largest absolute Gasteiger partial charge is 0.296 e. The van der Waals surface area contributed by atoms with Gasteiger partial charge in [-0.15, -0.1) is 0 Å². The number of hydrogen-bond donors (Lipinski definition) is 0. The van der Waals surface area contributed by atoms with Crippen LogP contribution in [0.4, 0.5) is 0 Å². The van der Waals surface area contributed by atoms with Crippen molar-refractivity contribution in [3.63, 3.8) is 0 Å². The van der Waals surface area contributed by atoms with Gasteiger partial charge in [0.15, 0.2) is 44.8 Å². The molecule has 64 heavy (non-hydrogen) atoms. The summed E-state index contributed by atoms with van der Waals surface area (Å²) in [4.78, 5) is 89.8. The zero-order valence-corrected chi connectivity index (χ0v) is 36.4. The summed E-state index contributed by atoms with van der Waals surface area (Å²) < 4.78 is 0. The zero-order valence-electron chi connectivity index (χ0n) is 33.4. The Morgan fingerprint density at radius 2 is 0.453 bits per heavy atom. The number of pyridine rings is 4. The van der Waals surface area contributed by atoms with E-state index in [2.05, 4.69) is 0 Å². The molecule has 1 fully saturated rings. The minimum absolute atomic E-state index is 0.0616. The number of hydrogen-bond acceptors (Lipinski definition) is 8. The molecule has 1 saturated carbocycles. The zero-order chi connectivity index (χ0) is 44.7. The second kappa shape index (κ2) is 16.8. The summed E-state index contributed by atoms with van der Waals surface area (Å²) in [5.74, 6) is -3.97. The lowest BCUT2D eigenvalue weighted by Gasteiger charge is -2.52. The van der Waals surface area contributed by atoms with Crippen LogP contribution in [0.15, 0.2) is 195 Å². The van der Waals surface area contributed by atoms with Crippen LogP contribution in [0.3, 0.4) is 0 Å². The highest BCUT2D eigenvalue weighted by atomic mass is 35.5. The lowest BCUT2D eigenvalue weighted by molar-refractivity contribution is -0.151. The van der Waals surface area contributed by atoms with Crippen molar-refractivity contribution in [3.05, 3.63) is 260 Å². The maximum absolute atomic E-state index is 17.7. The van der Waals surface area contributed by atoms with Crippen LogP contribution in [-0.2, 0) is 40.8 Å². The maximum Gasteiger partial charge on any atom is 0.181 e. The molecule has 0 N–H and O–H groups in total. The number of carbonyl (C=O) groups is 4. The summed E-state index contributed by atoms with van der Waals surface area (Å²) in [6, 6.07) is 43.7. The molecule has 0 radical (unpaired) electrons. The van der Waals surface area contributed by atoms with E-state index in [-0.39, 0.29) is 65.1 Å². The third-order valence-corrected chi connectivity index (χ3v) is 13.0. The van der Waals surface area contributed by atoms with Gasteiger partial charge in [-0.1, -0.05) is 119 Å². The van der Waals surface area contributed by atoms with Gasteiger partial charge >= 0.3 is 0 Å². The van der Waals surface area contributed by atoms with E-state index in [0.29, 0.717) is 0 Å². The third-order valence-electron chi connectivity index (χ3n) is 12.0. The van der Waals surface area contributed by atoms with Crippen LogP contribution >= 0.6 is 46.4 Å². The van der Waals surface area contributed by atoms with Crippen LogP contribution in [-0.4, -0.2) is 43.1 Å². The van der Waals surface area contributed by atoms with Crippen molar-refractivity contribution in [2.75, 3.05) is 0 Å². The number of nitrogens with zero attached hydrogens (tertiary/aromatic N) is 4. The van der Waals surface area contributed by atoms with Gasteiger partial charge in [0.1, 0.15) is 0 Å². The van der Waals surface area contributed by atoms with E-state index in [4.69, 9.17) is 66.3 Å². The highest BCUT2D eigenvalue weighted by molar-refractivity contribution is 6.43. The molecule has 1 aliphatic carbocycles. The van der Waals surface area contributed by atoms with E-state index in [1.807, 2.05) is 0 Å². The number of aromatic nitrogens is 4. The molecular weight excluding hydrogens is 886 g/mol. The molecule has 1 aliphatic rings. The first-order valence-electron chi connectivity index (χ1n) is 19.9. The summed E-state index contributed by atoms with van der Waals surface area (Å²) in [5, 5.41) is 1.16. The van der Waals surface area contributed by atoms with Crippen molar-refractivity contribution in [2.45, 2.75) is 21.7 Å². The molecule has 4 aromatic carbocycles. The van der Waals surface area contributed by atoms with Crippen molar-refractivity contribution in [3.8, 4) is 0 Å². The Kier molecular flexibility index (Phi) is 11.2. The number of benzene rings is 4. The Bertz CT molecular complexity index is 2590. The molecule has 12 heteroatoms. The van der Waals surface area contributed by atoms with Gasteiger partial charge in [0, 0.05) is 44.9 Å². The van der Waals surface area contributed by atoms with Gasteiger partial charge in [-0.25, -0.2) is 0 Å². The number of Topliss-reactive ketones (excluding diaryl/α,β-unsaturated/α-hetero) is 4. The van der Waals surface area contributed by atoms with Crippen molar-refractivity contribution >= 4 is 69.5 Å². The predicted octanol–water partition coefficient (Wildman–Crippen LogP) is 10.4. The fourth-order valence-electron chi connectivity index (χ4n) is 9.25. The smallest absolute Gasteiger partial charge is 0.181 e. The topological polar surface area (TPSA) is 120 Å². The van der Waals surface area contributed by atoms with Crippen LogP contribution in [0.5, 0.6) is 0 Å². The van der Waals surface area contributed by atoms with Crippen LogP contribution in [0.1, 0.15) is 45.0 Å². The molecule has 4 aromatic heterocycles. The van der Waals surface area contributed by atoms with E-state index in [0.717, 1.165) is 0 Å². The van der Waals surface area contributed by atoms with Gasteiger partial charge < -0.3 is 0 Å². The minimum atomic E-state index is -2.64. The van der Waals surface area contributed by atoms with Gasteiger partial charge in [-0.2, -0.15) is 0 Å². The summed E-state index contributed by atoms with van der Waals surface area (Å²) >= 11 is 26.3. The fourth-order valence-corrected chi connectivity index (χ4v) is 9.75. The second-order valence-corrected chi connectivity index (χ2v) is 16.9. The van der Waals surface area contributed by atoms with Gasteiger partial charge in [0.2, 0.25) is 0 Å². The molecule has 0 spiro atoms. The Morgan fingerprint density at radius 3 is 0.609 bits per heavy atom. The average molecular weight is 919 g/mol. The summed E-state index contributed by atoms with van der Waals surface area (Å²) in [5.41, 5.74) is -10.7. The van der Waals surface area contributed by atoms with Crippen molar-refractivity contribution < 1.29 is 19.2 Å². The molecule has 0 amide bonds. The van der Waals surface area contributed by atoms with Crippen LogP contribution in [0.2, 0.25) is 20.1 Å². The monoisotopic (exact) mass is 916 g/mol. The predicted molar refractivity (Wildman–Crippen MR) is 246 cm³/mol. The Hall–Kier alpha value is -6.68. The lowest BCUT2D eigenvalue weighted by Crippen LogP contribution is -2.73. The lowest BCUT2D eigenvalue weighted by atomic mass is 9.44. The molecule has 312 valence electrons. The van der Waals surface area contributed by atoms with E-state index >= 15 is 19.2 Å². The molecule has 8 aromatic rings. The van der Waals surface area contributed by atoms with Gasteiger partial charge in [-0.05, 0) is 119 Å². The molecule has 0 unspecified atom stereocenters. The highest BCUT2D eigenvalue weighted by Gasteiger charge is 2.76. The Labute approximate surface area is 387 Å². The van der Waals surface area contributed by atoms with E-state index in [1.165, 1.54) is 146 Å². The molecule has 0 atom stereocenters. The number of halogens is 4. The number of carbonyl (C=O) groups excluding carboxylic acids is 4. The number of ketones is 4. The minimum Gasteiger partial charge on any atom is -0.296 e. The Morgan fingerprint density at radius 1 is 0.266 bits per heavy atom. The van der Waals surface area contributed by atoms with Crippen LogP contribution in [0, 0.1) is 0 Å². The molecule has 0 bridgehead atoms. The van der Waals surface area contributed by atoms with Gasteiger partial charge in [-0.3, -0.25) is 39.1 Å². The van der Waals surface area contributed by atoms with E-state index in [9.17, 15) is 0 Å². The van der Waals surface area contributed by atoms with Crippen molar-refractivity contribution in [1.82, 2.24) is 19.9 Å². The normalized spacial score (nSPS) is 22.4. The molecular formula is C52H32Cl4N4O4. The summed E-state index contributed by atoms with van der Waals surface area (Å²) in [7, 11) is 0. The van der Waals surface area contributed by atoms with E-state index in [1.54, 1.807) is 48.5 Å². The second-order valence-electron chi connectivity index (χ2n) is 15.2. The Balaban J connectivity index is 1.63. The van der Waals surface area contributed by atoms with Gasteiger partial charge in [0.25, 0.3) is 0 Å². The summed E-state index contributed by atoms with van der Waals surface area (Å²) in [6.45, 7) is 0. The summed E-state index contributed by atoms with van der Waals surface area (Å²) in [6.07, 6.45) is 5.77. The molecule has 8 nitrogen and oxygen atoms in total. The van der Waals surface area contributed by atoms with Crippen LogP contribution in [0.25, 0.3) is 0 Å². The SMILES string of the molecule is O=C1C(c2ccc(Cl)cc2)(c2ccccn2)C(=O)C(c2ccc(Cl)cc2)(c2ccccn2)C(=O)C(c2ccc(Cl)cc2)(c2ccccn2)C(=O)C1(c1ccc(Cl)cc1)c1ccccn1. The quantitative estimate of drug-likeness (QED) is 0.138. The third kappa shape index (κ3) is 6.27. The van der Waals surface area contributed by atoms with E-state index < -0.39 is 44.8 Å². The van der Waals surface area contributed by atoms with Crippen LogP contribution < -0.4 is 0 Å². The fraction of sp³-hybridized carbons (Fsp3) is 0.0769. The van der Waals surface area contributed by atoms with Crippen molar-refractivity contribution in [2.24, 2.45) is 0 Å². The molecule has 0 saturated heterocycles. The number of rotatable bonds is 8. The van der Waals surface area contributed by atoms with Crippen molar-refractivity contribution in [1.29, 1.82) is 0 Å².